The molecule has 8 nitrogen and oxygen atoms in total. The molecule has 0 heterocycles. The van der Waals surface area contributed by atoms with Crippen molar-refractivity contribution in [2.75, 3.05) is 34.2 Å². The van der Waals surface area contributed by atoms with E-state index in [4.69, 9.17) is 16.2 Å². The summed E-state index contributed by atoms with van der Waals surface area (Å²) in [7, 11) is 5.44. The molecule has 22 heavy (non-hydrogen) atoms. The minimum Gasteiger partial charge on any atom is -0.481 e. The van der Waals surface area contributed by atoms with Gasteiger partial charge in [0.1, 0.15) is 18.4 Å². The fourth-order valence-corrected chi connectivity index (χ4v) is 2.04. The average molecular weight is 318 g/mol. The maximum atomic E-state index is 12.0. The maximum Gasteiger partial charge on any atom is 0.323 e. The Morgan fingerprint density at radius 2 is 1.77 bits per heavy atom. The van der Waals surface area contributed by atoms with Crippen LogP contribution < -0.4 is 11.5 Å². The van der Waals surface area contributed by atoms with Crippen molar-refractivity contribution >= 4 is 17.7 Å². The Kier molecular flexibility index (Phi) is 8.21. The first kappa shape index (κ1) is 20.5. The predicted octanol–water partition coefficient (Wildman–Crippen LogP) is -1.04. The van der Waals surface area contributed by atoms with Crippen LogP contribution in [0.2, 0.25) is 0 Å². The van der Waals surface area contributed by atoms with Crippen LogP contribution in [0.4, 0.5) is 0 Å². The van der Waals surface area contributed by atoms with E-state index < -0.39 is 35.8 Å². The Bertz CT molecular complexity index is 392. The number of nitrogens with two attached hydrogens (primary N) is 2. The third kappa shape index (κ3) is 7.48. The van der Waals surface area contributed by atoms with Crippen molar-refractivity contribution in [3.63, 3.8) is 0 Å². The SMILES string of the molecule is CC(=O)C(C(=O)O)C(C[N+](C)(C)C)OC(=O)[C@@H](N)CCCN. The number of hydrogen-bond acceptors (Lipinski definition) is 6. The third-order valence-electron chi connectivity index (χ3n) is 3.09. The quantitative estimate of drug-likeness (QED) is 0.266. The van der Waals surface area contributed by atoms with Gasteiger partial charge in [-0.05, 0) is 26.3 Å². The van der Waals surface area contributed by atoms with Gasteiger partial charge in [-0.15, -0.1) is 0 Å². The van der Waals surface area contributed by atoms with Crippen LogP contribution in [0.15, 0.2) is 0 Å². The molecular weight excluding hydrogens is 290 g/mol. The van der Waals surface area contributed by atoms with E-state index in [0.29, 0.717) is 23.9 Å². The number of esters is 1. The van der Waals surface area contributed by atoms with E-state index in [1.54, 1.807) is 0 Å². The molecule has 0 radical (unpaired) electrons. The molecule has 128 valence electrons. The van der Waals surface area contributed by atoms with Gasteiger partial charge in [0.05, 0.1) is 21.1 Å². The van der Waals surface area contributed by atoms with E-state index in [2.05, 4.69) is 0 Å². The number of nitrogens with zero attached hydrogens (tertiary/aromatic N) is 1. The normalized spacial score (nSPS) is 15.7. The van der Waals surface area contributed by atoms with Crippen molar-refractivity contribution in [3.8, 4) is 0 Å². The first-order valence-electron chi connectivity index (χ1n) is 7.19. The second kappa shape index (κ2) is 8.82. The average Bonchev–Trinajstić information content (AvgIpc) is 2.32. The molecule has 0 aliphatic rings. The lowest BCUT2D eigenvalue weighted by Crippen LogP contribution is -2.51. The van der Waals surface area contributed by atoms with Gasteiger partial charge in [0.2, 0.25) is 0 Å². The Morgan fingerprint density at radius 1 is 1.23 bits per heavy atom. The van der Waals surface area contributed by atoms with Crippen LogP contribution in [0, 0.1) is 5.92 Å². The molecule has 0 saturated carbocycles. The number of Topliss-reactive ketones (excluding diaryl/α,β-unsaturated/α-hetero) is 1. The van der Waals surface area contributed by atoms with Crippen LogP contribution in [0.5, 0.6) is 0 Å². The molecule has 2 unspecified atom stereocenters. The minimum atomic E-state index is -1.40. The van der Waals surface area contributed by atoms with Gasteiger partial charge >= 0.3 is 11.9 Å². The summed E-state index contributed by atoms with van der Waals surface area (Å²) >= 11 is 0. The number of aliphatic carboxylic acids is 1. The zero-order valence-corrected chi connectivity index (χ0v) is 13.7. The van der Waals surface area contributed by atoms with Gasteiger partial charge in [-0.25, -0.2) is 0 Å². The summed E-state index contributed by atoms with van der Waals surface area (Å²) in [5.74, 6) is -3.98. The highest BCUT2D eigenvalue weighted by molar-refractivity contribution is 5.97. The summed E-state index contributed by atoms with van der Waals surface area (Å²) in [4.78, 5) is 34.9. The number of carbonyl (C=O) groups excluding carboxylic acids is 2. The number of carboxylic acid groups (broad SMARTS) is 1. The van der Waals surface area contributed by atoms with Crippen molar-refractivity contribution in [1.82, 2.24) is 0 Å². The molecule has 0 spiro atoms. The Hall–Kier alpha value is -1.51. The molecule has 8 heteroatoms. The Labute approximate surface area is 131 Å². The van der Waals surface area contributed by atoms with E-state index in [1.807, 2.05) is 21.1 Å². The number of likely N-dealkylation sites (N-methyl/N-ethyl adjacent to an activating group) is 1. The van der Waals surface area contributed by atoms with Crippen LogP contribution in [0.3, 0.4) is 0 Å². The van der Waals surface area contributed by atoms with Gasteiger partial charge in [0, 0.05) is 0 Å². The van der Waals surface area contributed by atoms with Gasteiger partial charge in [-0.1, -0.05) is 0 Å². The number of carbonyl (C=O) groups is 3. The summed E-state index contributed by atoms with van der Waals surface area (Å²) in [6.07, 6.45) is -0.151. The van der Waals surface area contributed by atoms with E-state index in [9.17, 15) is 19.5 Å². The van der Waals surface area contributed by atoms with Crippen LogP contribution in [-0.4, -0.2) is 73.7 Å². The zero-order chi connectivity index (χ0) is 17.5. The summed E-state index contributed by atoms with van der Waals surface area (Å²) < 4.78 is 5.59. The van der Waals surface area contributed by atoms with E-state index in [1.165, 1.54) is 6.92 Å². The van der Waals surface area contributed by atoms with Gasteiger partial charge in [-0.3, -0.25) is 14.4 Å². The fourth-order valence-electron chi connectivity index (χ4n) is 2.04. The number of ketones is 1. The highest BCUT2D eigenvalue weighted by Gasteiger charge is 2.39. The molecule has 0 aromatic heterocycles. The van der Waals surface area contributed by atoms with Gasteiger partial charge in [0.15, 0.2) is 12.0 Å². The molecular formula is C14H28N3O5+. The lowest BCUT2D eigenvalue weighted by molar-refractivity contribution is -0.873. The lowest BCUT2D eigenvalue weighted by Gasteiger charge is -2.31. The topological polar surface area (TPSA) is 133 Å². The molecule has 0 fully saturated rings. The van der Waals surface area contributed by atoms with E-state index >= 15 is 0 Å². The lowest BCUT2D eigenvalue weighted by atomic mass is 9.97. The number of carboxylic acids is 1. The molecule has 0 aromatic rings. The number of ether oxygens (including phenoxy) is 1. The smallest absolute Gasteiger partial charge is 0.323 e. The number of quaternary nitrogens is 1. The Balaban J connectivity index is 5.12. The van der Waals surface area contributed by atoms with Gasteiger partial charge in [-0.2, -0.15) is 0 Å². The molecule has 0 aliphatic carbocycles. The van der Waals surface area contributed by atoms with Crippen molar-refractivity contribution in [3.05, 3.63) is 0 Å². The van der Waals surface area contributed by atoms with Crippen molar-refractivity contribution in [2.24, 2.45) is 17.4 Å². The molecule has 0 aromatic carbocycles. The minimum absolute atomic E-state index is 0.186. The Morgan fingerprint density at radius 3 is 2.14 bits per heavy atom. The summed E-state index contributed by atoms with van der Waals surface area (Å²) in [6, 6.07) is -0.875. The molecule has 0 bridgehead atoms. The predicted molar refractivity (Wildman–Crippen MR) is 80.9 cm³/mol. The molecule has 5 N–H and O–H groups in total. The largest absolute Gasteiger partial charge is 0.481 e. The van der Waals surface area contributed by atoms with Gasteiger partial charge in [0.25, 0.3) is 0 Å². The molecule has 0 amide bonds. The summed E-state index contributed by atoms with van der Waals surface area (Å²) in [5, 5.41) is 9.24. The standard InChI is InChI=1S/C14H27N3O5/c1-9(18)12(13(19)20)11(8-17(2,3)4)22-14(21)10(16)6-5-7-15/h10-12H,5-8,15-16H2,1-4H3/p+1/t10-,11?,12?/m0/s1. The van der Waals surface area contributed by atoms with Crippen LogP contribution in [0.1, 0.15) is 19.8 Å². The fraction of sp³-hybridized carbons (Fsp3) is 0.786. The molecule has 3 atom stereocenters. The third-order valence-corrected chi connectivity index (χ3v) is 3.09. The van der Waals surface area contributed by atoms with Gasteiger partial charge < -0.3 is 25.8 Å². The summed E-state index contributed by atoms with van der Waals surface area (Å²) in [6.45, 7) is 1.75. The van der Waals surface area contributed by atoms with Crippen molar-refractivity contribution in [2.45, 2.75) is 31.9 Å². The maximum absolute atomic E-state index is 12.0. The summed E-state index contributed by atoms with van der Waals surface area (Å²) in [5.41, 5.74) is 11.1. The molecule has 0 aliphatic heterocycles. The highest BCUT2D eigenvalue weighted by Crippen LogP contribution is 2.15. The van der Waals surface area contributed by atoms with Crippen LogP contribution >= 0.6 is 0 Å². The van der Waals surface area contributed by atoms with Crippen molar-refractivity contribution in [1.29, 1.82) is 0 Å². The molecule has 0 saturated heterocycles. The van der Waals surface area contributed by atoms with Crippen LogP contribution in [0.25, 0.3) is 0 Å². The molecule has 0 rings (SSSR count). The van der Waals surface area contributed by atoms with E-state index in [-0.39, 0.29) is 6.54 Å². The van der Waals surface area contributed by atoms with E-state index in [0.717, 1.165) is 0 Å². The highest BCUT2D eigenvalue weighted by atomic mass is 16.5. The first-order chi connectivity index (χ1) is 9.99. The van der Waals surface area contributed by atoms with Crippen molar-refractivity contribution < 1.29 is 28.7 Å². The number of rotatable bonds is 10. The van der Waals surface area contributed by atoms with Crippen LogP contribution in [-0.2, 0) is 19.1 Å². The zero-order valence-electron chi connectivity index (χ0n) is 13.7. The first-order valence-corrected chi connectivity index (χ1v) is 7.19. The number of hydrogen-bond donors (Lipinski definition) is 3. The second-order valence-corrected chi connectivity index (χ2v) is 6.41. The monoisotopic (exact) mass is 318 g/mol. The second-order valence-electron chi connectivity index (χ2n) is 6.41.